The van der Waals surface area contributed by atoms with Crippen molar-refractivity contribution in [1.29, 1.82) is 0 Å². The van der Waals surface area contributed by atoms with Crippen LogP contribution in [0, 0.1) is 5.92 Å². The second-order valence-corrected chi connectivity index (χ2v) is 19.5. The number of nitrogens with two attached hydrogens (primary N) is 6. The third kappa shape index (κ3) is 15.3. The summed E-state index contributed by atoms with van der Waals surface area (Å²) in [6.45, 7) is -1.23. The van der Waals surface area contributed by atoms with Gasteiger partial charge in [0.2, 0.25) is 41.4 Å². The molecule has 1 aromatic rings. The number of carbonyl (C=O) groups excluding carboxylic acids is 7. The van der Waals surface area contributed by atoms with Gasteiger partial charge in [0.25, 0.3) is 0 Å². The van der Waals surface area contributed by atoms with Gasteiger partial charge in [0.1, 0.15) is 24.2 Å². The molecule has 1 aromatic carbocycles. The quantitative estimate of drug-likeness (QED) is 0.0242. The van der Waals surface area contributed by atoms with Crippen LogP contribution in [0.1, 0.15) is 120 Å². The lowest BCUT2D eigenvalue weighted by atomic mass is 9.84. The van der Waals surface area contributed by atoms with Gasteiger partial charge < -0.3 is 70.4 Å². The molecule has 2 aliphatic heterocycles. The zero-order valence-electron chi connectivity index (χ0n) is 41.2. The summed E-state index contributed by atoms with van der Waals surface area (Å²) in [5.74, 6) is -6.10. The topological polar surface area (TPSA) is 404 Å². The lowest BCUT2D eigenvalue weighted by molar-refractivity contribution is -0.156. The number of nitrogens with one attached hydrogen (secondary N) is 3. The number of likely N-dealkylation sites (tertiary alicyclic amines) is 1. The summed E-state index contributed by atoms with van der Waals surface area (Å²) in [6, 6.07) is 1.18. The fourth-order valence-electron chi connectivity index (χ4n) is 10.4. The number of carboxylic acids is 1. The first kappa shape index (κ1) is 56.5. The van der Waals surface area contributed by atoms with Crippen LogP contribution in [0.5, 0.6) is 0 Å². The van der Waals surface area contributed by atoms with E-state index in [9.17, 15) is 48.6 Å². The number of carboxylic acid groups (broad SMARTS) is 1. The van der Waals surface area contributed by atoms with Crippen molar-refractivity contribution < 1.29 is 48.6 Å². The van der Waals surface area contributed by atoms with Crippen LogP contribution in [-0.2, 0) is 51.3 Å². The van der Waals surface area contributed by atoms with Crippen molar-refractivity contribution in [2.24, 2.45) is 50.3 Å². The van der Waals surface area contributed by atoms with Crippen molar-refractivity contribution in [1.82, 2.24) is 30.7 Å². The van der Waals surface area contributed by atoms with Gasteiger partial charge in [0, 0.05) is 58.0 Å². The van der Waals surface area contributed by atoms with Gasteiger partial charge in [0.15, 0.2) is 11.9 Å². The first-order chi connectivity index (χ1) is 34.3. The number of rotatable bonds is 23. The Bertz CT molecular complexity index is 2160. The summed E-state index contributed by atoms with van der Waals surface area (Å²) in [5.41, 5.74) is 34.6. The SMILES string of the molecule is NC(N)=NCCC[C@@H](N)C(=O)N[C@@H](CCCN=C(N)N)C(=O)NCCC(=O)N(CCC(=O)N[C@@H](CO)C(=O)N1Cc2ccccc2C[C@@H]1C(=O)N1[C@H](C(=O)O)C[C@@H]2CCCC[C@@H]21)C(=O)C1(N)CCCCCC1. The van der Waals surface area contributed by atoms with Crippen molar-refractivity contribution in [3.63, 3.8) is 0 Å². The summed E-state index contributed by atoms with van der Waals surface area (Å²) in [4.78, 5) is 122. The Hall–Kier alpha value is -6.40. The highest BCUT2D eigenvalue weighted by Gasteiger charge is 2.51. The monoisotopic (exact) mass is 1010 g/mol. The molecule has 72 heavy (non-hydrogen) atoms. The number of hydrogen-bond acceptors (Lipinski definition) is 13. The molecule has 4 aliphatic rings. The number of carbonyl (C=O) groups is 8. The Morgan fingerprint density at radius 1 is 0.792 bits per heavy atom. The minimum atomic E-state index is -1.54. The molecule has 24 heteroatoms. The third-order valence-electron chi connectivity index (χ3n) is 14.3. The van der Waals surface area contributed by atoms with E-state index in [4.69, 9.17) is 34.4 Å². The molecule has 0 radical (unpaired) electrons. The van der Waals surface area contributed by atoms with Crippen molar-refractivity contribution in [3.05, 3.63) is 35.4 Å². The fourth-order valence-corrected chi connectivity index (χ4v) is 10.4. The molecule has 2 saturated carbocycles. The van der Waals surface area contributed by atoms with E-state index in [0.29, 0.717) is 44.9 Å². The molecule has 5 rings (SSSR count). The molecular weight excluding hydrogens is 933 g/mol. The molecule has 7 amide bonds. The van der Waals surface area contributed by atoms with Crippen LogP contribution in [0.25, 0.3) is 0 Å². The summed E-state index contributed by atoms with van der Waals surface area (Å²) >= 11 is 0. The van der Waals surface area contributed by atoms with Gasteiger partial charge in [-0.2, -0.15) is 0 Å². The van der Waals surface area contributed by atoms with Gasteiger partial charge in [0.05, 0.1) is 18.2 Å². The molecule has 398 valence electrons. The van der Waals surface area contributed by atoms with E-state index >= 15 is 0 Å². The minimum Gasteiger partial charge on any atom is -0.480 e. The smallest absolute Gasteiger partial charge is 0.326 e. The Balaban J connectivity index is 1.27. The number of nitrogens with zero attached hydrogens (tertiary/aromatic N) is 5. The van der Waals surface area contributed by atoms with E-state index in [1.165, 1.54) is 9.80 Å². The highest BCUT2D eigenvalue weighted by atomic mass is 16.4. The number of aliphatic hydroxyl groups is 1. The Kier molecular flexibility index (Phi) is 21.1. The standard InChI is InChI=1S/C48H76N14O10/c49-32(14-9-21-56-46(50)51)40(66)59-33(15-10-22-57-47(52)53)41(67)55-23-17-39(65)60(45(72)48(54)19-7-1-2-8-20-48)24-18-38(64)58-34(28-63)42(68)61-27-31-13-4-3-11-29(31)25-36(61)43(69)62-35-16-6-5-12-30(35)26-37(62)44(70)71/h3-4,11,13,30,32-37,63H,1-2,5-10,12,14-28,49,54H2,(H,55,67)(H,58,64)(H,59,66)(H,70,71)(H4,50,51,56)(H4,52,53,57)/t30-,32+,33-,34-,35-,36+,37-/m0/s1. The molecule has 0 unspecified atom stereocenters. The molecule has 17 N–H and O–H groups in total. The predicted octanol–water partition coefficient (Wildman–Crippen LogP) is -2.12. The molecule has 0 bridgehead atoms. The Morgan fingerprint density at radius 2 is 1.43 bits per heavy atom. The molecule has 7 atom stereocenters. The molecule has 3 fully saturated rings. The highest BCUT2D eigenvalue weighted by molar-refractivity contribution is 6.01. The molecule has 24 nitrogen and oxygen atoms in total. The maximum absolute atomic E-state index is 14.6. The average Bonchev–Trinajstić information content (AvgIpc) is 3.61. The van der Waals surface area contributed by atoms with Crippen molar-refractivity contribution >= 4 is 59.2 Å². The number of hydrogen-bond donors (Lipinski definition) is 11. The van der Waals surface area contributed by atoms with Crippen LogP contribution in [0.2, 0.25) is 0 Å². The molecule has 0 spiro atoms. The lowest BCUT2D eigenvalue weighted by Gasteiger charge is -2.42. The van der Waals surface area contributed by atoms with E-state index in [-0.39, 0.29) is 75.7 Å². The predicted molar refractivity (Wildman–Crippen MR) is 265 cm³/mol. The van der Waals surface area contributed by atoms with E-state index in [0.717, 1.165) is 48.1 Å². The number of guanidine groups is 2. The Labute approximate surface area is 419 Å². The number of benzene rings is 1. The molecular formula is C48H76N14O10. The van der Waals surface area contributed by atoms with Crippen LogP contribution in [0.3, 0.4) is 0 Å². The first-order valence-electron chi connectivity index (χ1n) is 25.3. The summed E-state index contributed by atoms with van der Waals surface area (Å²) in [6.07, 6.45) is 7.29. The van der Waals surface area contributed by atoms with Gasteiger partial charge >= 0.3 is 5.97 Å². The largest absolute Gasteiger partial charge is 0.480 e. The molecule has 0 aromatic heterocycles. The van der Waals surface area contributed by atoms with Crippen LogP contribution in [-0.4, -0.2) is 159 Å². The summed E-state index contributed by atoms with van der Waals surface area (Å²) < 4.78 is 0. The fraction of sp³-hybridized carbons (Fsp3) is 0.667. The normalized spacial score (nSPS) is 21.5. The van der Waals surface area contributed by atoms with Crippen LogP contribution < -0.4 is 50.4 Å². The van der Waals surface area contributed by atoms with Gasteiger partial charge in [-0.05, 0) is 74.8 Å². The van der Waals surface area contributed by atoms with E-state index in [1.54, 1.807) is 6.07 Å². The third-order valence-corrected chi connectivity index (χ3v) is 14.3. The van der Waals surface area contributed by atoms with Crippen molar-refractivity contribution in [3.8, 4) is 0 Å². The van der Waals surface area contributed by atoms with Gasteiger partial charge in [-0.25, -0.2) is 4.79 Å². The van der Waals surface area contributed by atoms with Gasteiger partial charge in [-0.3, -0.25) is 48.4 Å². The second-order valence-electron chi connectivity index (χ2n) is 19.5. The van der Waals surface area contributed by atoms with Crippen LogP contribution in [0.4, 0.5) is 0 Å². The lowest BCUT2D eigenvalue weighted by Crippen LogP contribution is -2.61. The summed E-state index contributed by atoms with van der Waals surface area (Å²) in [5, 5.41) is 28.7. The molecule has 2 heterocycles. The highest BCUT2D eigenvalue weighted by Crippen LogP contribution is 2.41. The van der Waals surface area contributed by atoms with Crippen molar-refractivity contribution in [2.45, 2.75) is 164 Å². The molecule has 2 aliphatic carbocycles. The number of imide groups is 1. The number of aliphatic carboxylic acids is 1. The number of aliphatic imine (C=N–C) groups is 2. The number of amides is 7. The second kappa shape index (κ2) is 26.9. The molecule has 1 saturated heterocycles. The minimum absolute atomic E-state index is 0.0257. The van der Waals surface area contributed by atoms with E-state index < -0.39 is 109 Å². The van der Waals surface area contributed by atoms with Crippen molar-refractivity contribution in [2.75, 3.05) is 32.8 Å². The van der Waals surface area contributed by atoms with Gasteiger partial charge in [-0.1, -0.05) is 62.8 Å². The number of fused-ring (bicyclic) bond motifs is 2. The number of aliphatic hydroxyl groups excluding tert-OH is 1. The van der Waals surface area contributed by atoms with E-state index in [1.807, 2.05) is 18.2 Å². The van der Waals surface area contributed by atoms with Gasteiger partial charge in [-0.15, -0.1) is 0 Å². The maximum atomic E-state index is 14.6. The Morgan fingerprint density at radius 3 is 2.07 bits per heavy atom. The van der Waals surface area contributed by atoms with Crippen LogP contribution >= 0.6 is 0 Å². The average molecular weight is 1010 g/mol. The first-order valence-corrected chi connectivity index (χ1v) is 25.3. The maximum Gasteiger partial charge on any atom is 0.326 e. The van der Waals surface area contributed by atoms with E-state index in [2.05, 4.69) is 25.9 Å². The summed E-state index contributed by atoms with van der Waals surface area (Å²) in [7, 11) is 0. The van der Waals surface area contributed by atoms with Crippen LogP contribution in [0.15, 0.2) is 34.3 Å². The zero-order chi connectivity index (χ0) is 52.5. The zero-order valence-corrected chi connectivity index (χ0v) is 41.2.